The van der Waals surface area contributed by atoms with Crippen molar-refractivity contribution in [3.05, 3.63) is 39.9 Å². The summed E-state index contributed by atoms with van der Waals surface area (Å²) in [6, 6.07) is 4.52. The molecule has 3 rings (SSSR count). The van der Waals surface area contributed by atoms with E-state index < -0.39 is 35.1 Å². The third-order valence-electron chi connectivity index (χ3n) is 6.32. The lowest BCUT2D eigenvalue weighted by molar-refractivity contribution is -0.485. The van der Waals surface area contributed by atoms with Crippen molar-refractivity contribution in [1.82, 2.24) is 15.3 Å². The Morgan fingerprint density at radius 1 is 1.27 bits per heavy atom. The zero-order valence-corrected chi connectivity index (χ0v) is 20.7. The molecule has 14 nitrogen and oxygen atoms in total. The van der Waals surface area contributed by atoms with Gasteiger partial charge < -0.3 is 20.9 Å². The second kappa shape index (κ2) is 13.0. The van der Waals surface area contributed by atoms with E-state index in [0.29, 0.717) is 57.3 Å². The number of hydrazine groups is 1. The van der Waals surface area contributed by atoms with Crippen molar-refractivity contribution in [2.45, 2.75) is 63.6 Å². The van der Waals surface area contributed by atoms with Crippen molar-refractivity contribution in [1.29, 1.82) is 0 Å². The van der Waals surface area contributed by atoms with Crippen LogP contribution in [0.4, 0.5) is 5.69 Å². The van der Waals surface area contributed by atoms with Crippen LogP contribution in [-0.2, 0) is 25.5 Å². The molecule has 37 heavy (non-hydrogen) atoms. The molecule has 2 aliphatic heterocycles. The number of rotatable bonds is 10. The van der Waals surface area contributed by atoms with Crippen LogP contribution in [0.25, 0.3) is 0 Å². The minimum Gasteiger partial charge on any atom is -0.480 e. The van der Waals surface area contributed by atoms with Gasteiger partial charge in [-0.05, 0) is 63.1 Å². The number of nitrogens with zero attached hydrogens (tertiary/aromatic N) is 4. The maximum absolute atomic E-state index is 13.4. The third kappa shape index (κ3) is 7.60. The summed E-state index contributed by atoms with van der Waals surface area (Å²) >= 11 is 0. The van der Waals surface area contributed by atoms with Crippen molar-refractivity contribution in [2.24, 2.45) is 10.8 Å². The number of carbonyl (C=O) groups is 3. The van der Waals surface area contributed by atoms with E-state index in [1.807, 2.05) is 5.01 Å². The van der Waals surface area contributed by atoms with Crippen molar-refractivity contribution < 1.29 is 29.3 Å². The molecular weight excluding hydrogens is 486 g/mol. The van der Waals surface area contributed by atoms with Crippen LogP contribution >= 0.6 is 0 Å². The normalized spacial score (nSPS) is 21.5. The monoisotopic (exact) mass is 519 g/mol. The number of carboxylic acids is 1. The number of amides is 1. The Bertz CT molecular complexity index is 1020. The summed E-state index contributed by atoms with van der Waals surface area (Å²) in [4.78, 5) is 48.4. The second-order valence-electron chi connectivity index (χ2n) is 8.88. The molecule has 0 radical (unpaired) electrons. The first-order valence-corrected chi connectivity index (χ1v) is 12.3. The molecule has 202 valence electrons. The average Bonchev–Trinajstić information content (AvgIpc) is 3.00. The van der Waals surface area contributed by atoms with Crippen LogP contribution in [0.3, 0.4) is 0 Å². The third-order valence-corrected chi connectivity index (χ3v) is 6.32. The van der Waals surface area contributed by atoms with E-state index in [1.54, 1.807) is 31.2 Å². The van der Waals surface area contributed by atoms with Gasteiger partial charge in [0.05, 0.1) is 12.6 Å². The molecule has 2 saturated heterocycles. The van der Waals surface area contributed by atoms with Crippen LogP contribution in [-0.4, -0.2) is 81.8 Å². The fourth-order valence-corrected chi connectivity index (χ4v) is 4.63. The van der Waals surface area contributed by atoms with Gasteiger partial charge in [-0.3, -0.25) is 19.9 Å². The van der Waals surface area contributed by atoms with Gasteiger partial charge in [0.1, 0.15) is 17.2 Å². The molecule has 3 atom stereocenters. The standard InChI is InChI=1S/C23H33N7O7/c1-2-37-22(34)18(12-9-15-7-10-16(11-8-15)25-23(24)27-30(35)36)26-17-5-3-13-28-14-4-6-19(21(32)33)29(28)20(17)31/h7-8,10-11,17-19,26H,2-6,9,12-14H2,1H3,(H,32,33)(H3,24,25,27)/t17-,18-,19-/m0/s1. The van der Waals surface area contributed by atoms with Gasteiger partial charge >= 0.3 is 11.9 Å². The molecule has 0 aliphatic carbocycles. The lowest BCUT2D eigenvalue weighted by atomic mass is 10.0. The number of fused-ring (bicyclic) bond motifs is 1. The Kier molecular flexibility index (Phi) is 9.74. The topological polar surface area (TPSA) is 193 Å². The number of aliphatic carboxylic acids is 1. The van der Waals surface area contributed by atoms with E-state index in [-0.39, 0.29) is 18.5 Å². The summed E-state index contributed by atoms with van der Waals surface area (Å²) in [6.45, 7) is 3.09. The number of hydrogen-bond acceptors (Lipinski definition) is 8. The van der Waals surface area contributed by atoms with Crippen molar-refractivity contribution in [2.75, 3.05) is 25.0 Å². The van der Waals surface area contributed by atoms with Crippen LogP contribution < -0.4 is 16.4 Å². The molecule has 2 aliphatic rings. The van der Waals surface area contributed by atoms with Crippen LogP contribution in [0.2, 0.25) is 0 Å². The molecule has 1 amide bonds. The highest BCUT2D eigenvalue weighted by Gasteiger charge is 2.42. The summed E-state index contributed by atoms with van der Waals surface area (Å²) in [6.07, 6.45) is 3.06. The number of aryl methyl sites for hydroxylation is 1. The molecule has 2 heterocycles. The SMILES string of the molecule is CCOC(=O)[C@H](CCc1ccc(NC(N)=N[N+](=O)[O-])cc1)N[C@H]1CCCN2CCC[C@@H](C(=O)O)N2C1=O. The van der Waals surface area contributed by atoms with Gasteiger partial charge in [0.15, 0.2) is 5.03 Å². The maximum atomic E-state index is 13.4. The molecule has 1 aromatic carbocycles. The van der Waals surface area contributed by atoms with Crippen LogP contribution in [0.15, 0.2) is 29.4 Å². The fourth-order valence-electron chi connectivity index (χ4n) is 4.63. The van der Waals surface area contributed by atoms with Gasteiger partial charge in [-0.2, -0.15) is 0 Å². The van der Waals surface area contributed by atoms with E-state index >= 15 is 0 Å². The Hall–Kier alpha value is -3.78. The number of anilines is 1. The summed E-state index contributed by atoms with van der Waals surface area (Å²) in [5, 5.41) is 31.1. The van der Waals surface area contributed by atoms with Gasteiger partial charge in [0.2, 0.25) is 0 Å². The lowest BCUT2D eigenvalue weighted by Crippen LogP contribution is -2.61. The molecule has 1 aromatic rings. The number of nitro groups is 1. The first-order valence-electron chi connectivity index (χ1n) is 12.3. The quantitative estimate of drug-likeness (QED) is 0.111. The molecule has 0 spiro atoms. The Labute approximate surface area is 213 Å². The zero-order valence-electron chi connectivity index (χ0n) is 20.7. The van der Waals surface area contributed by atoms with E-state index in [0.717, 1.165) is 5.56 Å². The molecule has 5 N–H and O–H groups in total. The van der Waals surface area contributed by atoms with Crippen LogP contribution in [0, 0.1) is 10.1 Å². The first-order chi connectivity index (χ1) is 17.7. The zero-order chi connectivity index (χ0) is 26.9. The van der Waals surface area contributed by atoms with Gasteiger partial charge in [-0.1, -0.05) is 12.1 Å². The summed E-state index contributed by atoms with van der Waals surface area (Å²) in [7, 11) is 0. The number of benzene rings is 1. The number of nitrogens with two attached hydrogens (primary N) is 1. The summed E-state index contributed by atoms with van der Waals surface area (Å²) < 4.78 is 5.24. The van der Waals surface area contributed by atoms with E-state index in [4.69, 9.17) is 10.5 Å². The highest BCUT2D eigenvalue weighted by molar-refractivity contribution is 5.91. The number of carbonyl (C=O) groups excluding carboxylic acids is 2. The molecular formula is C23H33N7O7. The largest absolute Gasteiger partial charge is 0.480 e. The fraction of sp³-hybridized carbons (Fsp3) is 0.565. The van der Waals surface area contributed by atoms with Gasteiger partial charge in [0, 0.05) is 18.8 Å². The predicted molar refractivity (Wildman–Crippen MR) is 133 cm³/mol. The van der Waals surface area contributed by atoms with Gasteiger partial charge in [-0.15, -0.1) is 0 Å². The van der Waals surface area contributed by atoms with Crippen LogP contribution in [0.1, 0.15) is 44.6 Å². The summed E-state index contributed by atoms with van der Waals surface area (Å²) in [5.74, 6) is -2.21. The smallest absolute Gasteiger partial charge is 0.328 e. The number of hydrogen-bond donors (Lipinski definition) is 4. The Morgan fingerprint density at radius 3 is 2.57 bits per heavy atom. The maximum Gasteiger partial charge on any atom is 0.328 e. The Balaban J connectivity index is 1.68. The van der Waals surface area contributed by atoms with Crippen molar-refractivity contribution >= 4 is 29.5 Å². The van der Waals surface area contributed by atoms with Crippen molar-refractivity contribution in [3.63, 3.8) is 0 Å². The van der Waals surface area contributed by atoms with Crippen LogP contribution in [0.5, 0.6) is 0 Å². The van der Waals surface area contributed by atoms with Gasteiger partial charge in [-0.25, -0.2) is 19.9 Å². The molecule has 0 saturated carbocycles. The molecule has 0 bridgehead atoms. The van der Waals surface area contributed by atoms with E-state index in [9.17, 15) is 29.6 Å². The molecule has 0 unspecified atom stereocenters. The number of nitrogens with one attached hydrogen (secondary N) is 2. The van der Waals surface area contributed by atoms with Crippen molar-refractivity contribution in [3.8, 4) is 0 Å². The highest BCUT2D eigenvalue weighted by Crippen LogP contribution is 2.24. The minimum atomic E-state index is -1.04. The molecule has 2 fully saturated rings. The number of carboxylic acid groups (broad SMARTS) is 1. The number of hydrazone groups is 1. The molecule has 14 heteroatoms. The first kappa shape index (κ1) is 27.8. The Morgan fingerprint density at radius 2 is 1.95 bits per heavy atom. The minimum absolute atomic E-state index is 0.185. The number of ether oxygens (including phenoxy) is 1. The van der Waals surface area contributed by atoms with E-state index in [1.165, 1.54) is 5.01 Å². The molecule has 0 aromatic heterocycles. The second-order valence-corrected chi connectivity index (χ2v) is 8.88. The highest BCUT2D eigenvalue weighted by atomic mass is 16.7. The number of esters is 1. The average molecular weight is 520 g/mol. The summed E-state index contributed by atoms with van der Waals surface area (Å²) in [5.41, 5.74) is 6.84. The van der Waals surface area contributed by atoms with E-state index in [2.05, 4.69) is 15.7 Å². The predicted octanol–water partition coefficient (Wildman–Crippen LogP) is 0.514. The number of guanidine groups is 1. The van der Waals surface area contributed by atoms with Gasteiger partial charge in [0.25, 0.3) is 11.9 Å². The lowest BCUT2D eigenvalue weighted by Gasteiger charge is -2.42.